The number of hydrogen-bond acceptors (Lipinski definition) is 4. The summed E-state index contributed by atoms with van der Waals surface area (Å²) in [6.07, 6.45) is 1.80. The average molecular weight is 363 g/mol. The van der Waals surface area contributed by atoms with Crippen molar-refractivity contribution in [1.29, 1.82) is 0 Å². The summed E-state index contributed by atoms with van der Waals surface area (Å²) in [5.74, 6) is -0.665. The molecular formula is C16H11ClN2O2S2. The summed E-state index contributed by atoms with van der Waals surface area (Å²) >= 11 is 8.55. The number of hydrogen-bond donors (Lipinski definition) is 1. The van der Waals surface area contributed by atoms with Crippen LogP contribution in [0.4, 0.5) is 0 Å². The van der Waals surface area contributed by atoms with Crippen molar-refractivity contribution in [2.45, 2.75) is 6.92 Å². The van der Waals surface area contributed by atoms with Gasteiger partial charge in [-0.1, -0.05) is 11.6 Å². The Morgan fingerprint density at radius 1 is 1.22 bits per heavy atom. The smallest absolute Gasteiger partial charge is 0.279 e. The number of nitrogens with one attached hydrogen (secondary N) is 1. The van der Waals surface area contributed by atoms with Crippen LogP contribution in [0.5, 0.6) is 0 Å². The summed E-state index contributed by atoms with van der Waals surface area (Å²) in [6, 6.07) is 10.4. The first kappa shape index (κ1) is 16.0. The number of thiophene rings is 1. The van der Waals surface area contributed by atoms with E-state index < -0.39 is 5.91 Å². The second-order valence-corrected chi connectivity index (χ2v) is 7.53. The van der Waals surface area contributed by atoms with Crippen LogP contribution < -0.4 is 5.32 Å². The molecule has 7 heteroatoms. The monoisotopic (exact) mass is 362 g/mol. The van der Waals surface area contributed by atoms with Crippen LogP contribution in [0.1, 0.15) is 20.1 Å². The van der Waals surface area contributed by atoms with Crippen LogP contribution in [0.25, 0.3) is 6.08 Å². The van der Waals surface area contributed by atoms with Crippen molar-refractivity contribution in [3.05, 3.63) is 61.6 Å². The second kappa shape index (κ2) is 6.70. The molecule has 1 aliphatic heterocycles. The number of thioether (sulfide) groups is 1. The maximum absolute atomic E-state index is 12.1. The number of benzene rings is 1. The van der Waals surface area contributed by atoms with E-state index in [-0.39, 0.29) is 11.1 Å². The number of halogens is 1. The summed E-state index contributed by atoms with van der Waals surface area (Å²) in [5.41, 5.74) is 0.420. The van der Waals surface area contributed by atoms with Gasteiger partial charge in [-0.05, 0) is 61.2 Å². The largest absolute Gasteiger partial charge is 0.300 e. The van der Waals surface area contributed by atoms with E-state index >= 15 is 0 Å². The molecule has 0 radical (unpaired) electrons. The fourth-order valence-corrected chi connectivity index (χ4v) is 3.72. The molecule has 1 saturated heterocycles. The van der Waals surface area contributed by atoms with E-state index in [1.54, 1.807) is 41.7 Å². The van der Waals surface area contributed by atoms with Crippen molar-refractivity contribution < 1.29 is 9.59 Å². The topological polar surface area (TPSA) is 58.5 Å². The van der Waals surface area contributed by atoms with Gasteiger partial charge in [0.2, 0.25) is 0 Å². The lowest BCUT2D eigenvalue weighted by Gasteiger charge is -1.97. The Hall–Kier alpha value is -1.89. The molecule has 0 bridgehead atoms. The van der Waals surface area contributed by atoms with Crippen molar-refractivity contribution in [2.24, 2.45) is 4.99 Å². The standard InChI is InChI=1S/C16H11ClN2O2S2/c1-9-2-7-12(22-9)8-13-15(21)19-16(23-13)18-14(20)10-3-5-11(17)6-4-10/h2-8H,1H3,(H,18,19,20,21)/b13-8-. The number of aliphatic imine (C=N–C) groups is 1. The van der Waals surface area contributed by atoms with Gasteiger partial charge in [-0.25, -0.2) is 0 Å². The molecule has 4 nitrogen and oxygen atoms in total. The lowest BCUT2D eigenvalue weighted by atomic mass is 10.2. The Morgan fingerprint density at radius 2 is 1.96 bits per heavy atom. The third-order valence-corrected chi connectivity index (χ3v) is 5.09. The highest BCUT2D eigenvalue weighted by Crippen LogP contribution is 2.28. The summed E-state index contributed by atoms with van der Waals surface area (Å²) in [5, 5.41) is 3.44. The molecule has 23 heavy (non-hydrogen) atoms. The van der Waals surface area contributed by atoms with Crippen molar-refractivity contribution in [1.82, 2.24) is 5.32 Å². The van der Waals surface area contributed by atoms with E-state index in [4.69, 9.17) is 11.6 Å². The van der Waals surface area contributed by atoms with E-state index in [0.29, 0.717) is 15.5 Å². The summed E-state index contributed by atoms with van der Waals surface area (Å²) in [7, 11) is 0. The van der Waals surface area contributed by atoms with Crippen LogP contribution in [0.15, 0.2) is 46.3 Å². The zero-order valence-corrected chi connectivity index (χ0v) is 14.4. The van der Waals surface area contributed by atoms with Gasteiger partial charge in [0.1, 0.15) is 0 Å². The summed E-state index contributed by atoms with van der Waals surface area (Å²) < 4.78 is 0. The van der Waals surface area contributed by atoms with Crippen LogP contribution in [0.3, 0.4) is 0 Å². The number of amides is 2. The third kappa shape index (κ3) is 3.90. The van der Waals surface area contributed by atoms with E-state index in [1.165, 1.54) is 4.88 Å². The van der Waals surface area contributed by atoms with Gasteiger partial charge in [0, 0.05) is 20.3 Å². The quantitative estimate of drug-likeness (QED) is 0.818. The summed E-state index contributed by atoms with van der Waals surface area (Å²) in [6.45, 7) is 2.01. The SMILES string of the molecule is Cc1ccc(/C=C2\SC(=NC(=O)c3ccc(Cl)cc3)NC2=O)s1. The molecule has 0 unspecified atom stereocenters. The highest BCUT2D eigenvalue weighted by molar-refractivity contribution is 8.18. The Balaban J connectivity index is 1.77. The van der Waals surface area contributed by atoms with Crippen LogP contribution in [0, 0.1) is 6.92 Å². The Labute approximate surface area is 146 Å². The Kier molecular flexibility index (Phi) is 4.66. The highest BCUT2D eigenvalue weighted by Gasteiger charge is 2.25. The minimum atomic E-state index is -0.419. The lowest BCUT2D eigenvalue weighted by Crippen LogP contribution is -2.20. The van der Waals surface area contributed by atoms with Crippen LogP contribution in [-0.4, -0.2) is 17.0 Å². The molecule has 2 amide bonds. The van der Waals surface area contributed by atoms with Gasteiger partial charge in [0.05, 0.1) is 4.91 Å². The van der Waals surface area contributed by atoms with E-state index in [9.17, 15) is 9.59 Å². The molecule has 1 fully saturated rings. The van der Waals surface area contributed by atoms with Gasteiger partial charge in [0.25, 0.3) is 11.8 Å². The molecule has 1 aliphatic rings. The minimum absolute atomic E-state index is 0.247. The lowest BCUT2D eigenvalue weighted by molar-refractivity contribution is -0.115. The first-order valence-electron chi connectivity index (χ1n) is 6.67. The maximum atomic E-state index is 12.1. The second-order valence-electron chi connectivity index (χ2n) is 4.74. The van der Waals surface area contributed by atoms with E-state index in [2.05, 4.69) is 10.3 Å². The molecule has 1 aromatic carbocycles. The van der Waals surface area contributed by atoms with Crippen molar-refractivity contribution in [3.63, 3.8) is 0 Å². The van der Waals surface area contributed by atoms with Gasteiger partial charge in [-0.15, -0.1) is 11.3 Å². The average Bonchev–Trinajstić information content (AvgIpc) is 3.06. The van der Waals surface area contributed by atoms with Crippen molar-refractivity contribution >= 4 is 57.8 Å². The fraction of sp³-hybridized carbons (Fsp3) is 0.0625. The molecule has 1 N–H and O–H groups in total. The van der Waals surface area contributed by atoms with Gasteiger partial charge >= 0.3 is 0 Å². The molecule has 0 spiro atoms. The number of amidine groups is 1. The normalized spacial score (nSPS) is 17.7. The Bertz CT molecular complexity index is 838. The van der Waals surface area contributed by atoms with Gasteiger partial charge in [-0.3, -0.25) is 9.59 Å². The Morgan fingerprint density at radius 3 is 2.61 bits per heavy atom. The number of rotatable bonds is 2. The predicted molar refractivity (Wildman–Crippen MR) is 96.0 cm³/mol. The maximum Gasteiger partial charge on any atom is 0.279 e. The van der Waals surface area contributed by atoms with E-state index in [1.807, 2.05) is 19.1 Å². The zero-order valence-electron chi connectivity index (χ0n) is 12.0. The summed E-state index contributed by atoms with van der Waals surface area (Å²) in [4.78, 5) is 30.7. The molecule has 0 aliphatic carbocycles. The minimum Gasteiger partial charge on any atom is -0.300 e. The number of aryl methyl sites for hydroxylation is 1. The van der Waals surface area contributed by atoms with Crippen LogP contribution in [0.2, 0.25) is 5.02 Å². The van der Waals surface area contributed by atoms with Gasteiger partial charge in [-0.2, -0.15) is 4.99 Å². The molecule has 3 rings (SSSR count). The number of carbonyl (C=O) groups is 2. The fourth-order valence-electron chi connectivity index (χ4n) is 1.89. The number of nitrogens with zero attached hydrogens (tertiary/aromatic N) is 1. The predicted octanol–water partition coefficient (Wildman–Crippen LogP) is 4.11. The molecule has 2 aromatic rings. The first-order valence-corrected chi connectivity index (χ1v) is 8.68. The van der Waals surface area contributed by atoms with Crippen LogP contribution in [-0.2, 0) is 4.79 Å². The van der Waals surface area contributed by atoms with Crippen molar-refractivity contribution in [2.75, 3.05) is 0 Å². The molecule has 0 atom stereocenters. The zero-order chi connectivity index (χ0) is 16.4. The van der Waals surface area contributed by atoms with E-state index in [0.717, 1.165) is 16.6 Å². The number of carbonyl (C=O) groups excluding carboxylic acids is 2. The molecule has 1 aromatic heterocycles. The van der Waals surface area contributed by atoms with Gasteiger partial charge < -0.3 is 5.32 Å². The first-order chi connectivity index (χ1) is 11.0. The highest BCUT2D eigenvalue weighted by atomic mass is 35.5. The van der Waals surface area contributed by atoms with Gasteiger partial charge in [0.15, 0.2) is 5.17 Å². The molecule has 0 saturated carbocycles. The van der Waals surface area contributed by atoms with Crippen molar-refractivity contribution in [3.8, 4) is 0 Å². The molecule has 2 heterocycles. The molecule has 116 valence electrons. The molecular weight excluding hydrogens is 352 g/mol. The van der Waals surface area contributed by atoms with Crippen LogP contribution >= 0.6 is 34.7 Å². The third-order valence-electron chi connectivity index (χ3n) is 2.98.